The highest BCUT2D eigenvalue weighted by molar-refractivity contribution is 7.14. The van der Waals surface area contributed by atoms with Gasteiger partial charge in [-0.25, -0.2) is 4.98 Å². The number of rotatable bonds is 5. The van der Waals surface area contributed by atoms with Crippen molar-refractivity contribution in [2.24, 2.45) is 0 Å². The monoisotopic (exact) mass is 292 g/mol. The summed E-state index contributed by atoms with van der Waals surface area (Å²) in [5.74, 6) is -0.591. The number of carbonyl (C=O) groups excluding carboxylic acids is 1. The Bertz CT molecular complexity index is 622. The second-order valence-corrected chi connectivity index (χ2v) is 4.76. The van der Waals surface area contributed by atoms with Crippen molar-refractivity contribution in [2.45, 2.75) is 6.42 Å². The number of carbonyl (C=O) groups is 2. The number of carboxylic acids is 1. The van der Waals surface area contributed by atoms with Crippen LogP contribution < -0.4 is 10.1 Å². The molecule has 0 radical (unpaired) electrons. The fraction of sp³-hybridized carbons (Fsp3) is 0.154. The SMILES string of the molecule is COc1ccc(C(=O)Nc2nc(CC(=O)O)cs2)cc1. The van der Waals surface area contributed by atoms with Crippen molar-refractivity contribution in [3.05, 3.63) is 40.9 Å². The van der Waals surface area contributed by atoms with Gasteiger partial charge >= 0.3 is 5.97 Å². The average molecular weight is 292 g/mol. The smallest absolute Gasteiger partial charge is 0.309 e. The largest absolute Gasteiger partial charge is 0.497 e. The maximum atomic E-state index is 11.9. The highest BCUT2D eigenvalue weighted by atomic mass is 32.1. The summed E-state index contributed by atoms with van der Waals surface area (Å²) in [6.45, 7) is 0. The Balaban J connectivity index is 2.03. The van der Waals surface area contributed by atoms with E-state index >= 15 is 0 Å². The number of nitrogens with zero attached hydrogens (tertiary/aromatic N) is 1. The molecule has 20 heavy (non-hydrogen) atoms. The molecule has 0 unspecified atom stereocenters. The van der Waals surface area contributed by atoms with Gasteiger partial charge in [-0.15, -0.1) is 11.3 Å². The molecule has 2 aromatic rings. The van der Waals surface area contributed by atoms with Crippen molar-refractivity contribution in [1.29, 1.82) is 0 Å². The third-order valence-electron chi connectivity index (χ3n) is 2.46. The van der Waals surface area contributed by atoms with E-state index in [0.717, 1.165) is 0 Å². The fourth-order valence-electron chi connectivity index (χ4n) is 1.51. The van der Waals surface area contributed by atoms with Gasteiger partial charge in [0, 0.05) is 10.9 Å². The Morgan fingerprint density at radius 2 is 2.05 bits per heavy atom. The Morgan fingerprint density at radius 1 is 1.35 bits per heavy atom. The van der Waals surface area contributed by atoms with E-state index in [-0.39, 0.29) is 12.3 Å². The molecule has 0 spiro atoms. The predicted molar refractivity (Wildman–Crippen MR) is 74.4 cm³/mol. The minimum atomic E-state index is -0.955. The molecule has 2 rings (SSSR count). The number of anilines is 1. The molecule has 0 atom stereocenters. The summed E-state index contributed by atoms with van der Waals surface area (Å²) in [5.41, 5.74) is 0.897. The molecule has 1 aromatic carbocycles. The molecule has 0 saturated heterocycles. The molecule has 0 aliphatic carbocycles. The summed E-state index contributed by atoms with van der Waals surface area (Å²) >= 11 is 1.19. The van der Waals surface area contributed by atoms with E-state index in [1.54, 1.807) is 36.8 Å². The lowest BCUT2D eigenvalue weighted by molar-refractivity contribution is -0.136. The first-order valence-corrected chi connectivity index (χ1v) is 6.58. The van der Waals surface area contributed by atoms with Crippen LogP contribution in [0.2, 0.25) is 0 Å². The van der Waals surface area contributed by atoms with E-state index in [0.29, 0.717) is 22.1 Å². The fourth-order valence-corrected chi connectivity index (χ4v) is 2.22. The minimum absolute atomic E-state index is 0.158. The second kappa shape index (κ2) is 6.16. The molecule has 2 N–H and O–H groups in total. The van der Waals surface area contributed by atoms with E-state index in [1.807, 2.05) is 0 Å². The molecule has 1 heterocycles. The molecule has 1 aromatic heterocycles. The van der Waals surface area contributed by atoms with E-state index in [1.165, 1.54) is 11.3 Å². The van der Waals surface area contributed by atoms with Gasteiger partial charge in [-0.2, -0.15) is 0 Å². The standard InChI is InChI=1S/C13H12N2O4S/c1-19-10-4-2-8(3-5-10)12(18)15-13-14-9(7-20-13)6-11(16)17/h2-5,7H,6H2,1H3,(H,16,17)(H,14,15,18). The molecule has 104 valence electrons. The number of carboxylic acid groups (broad SMARTS) is 1. The molecule has 6 nitrogen and oxygen atoms in total. The van der Waals surface area contributed by atoms with Gasteiger partial charge < -0.3 is 9.84 Å². The van der Waals surface area contributed by atoms with Gasteiger partial charge in [-0.05, 0) is 24.3 Å². The molecule has 0 aliphatic heterocycles. The van der Waals surface area contributed by atoms with Crippen LogP contribution in [0.4, 0.5) is 5.13 Å². The van der Waals surface area contributed by atoms with Crippen molar-refractivity contribution in [2.75, 3.05) is 12.4 Å². The number of benzene rings is 1. The van der Waals surface area contributed by atoms with Gasteiger partial charge in [0.25, 0.3) is 5.91 Å². The topological polar surface area (TPSA) is 88.5 Å². The van der Waals surface area contributed by atoms with Crippen molar-refractivity contribution in [1.82, 2.24) is 4.98 Å². The first-order chi connectivity index (χ1) is 9.58. The Morgan fingerprint density at radius 3 is 2.65 bits per heavy atom. The Labute approximate surface area is 119 Å². The van der Waals surface area contributed by atoms with Gasteiger partial charge in [-0.1, -0.05) is 0 Å². The minimum Gasteiger partial charge on any atom is -0.497 e. The highest BCUT2D eigenvalue weighted by Crippen LogP contribution is 2.18. The zero-order valence-corrected chi connectivity index (χ0v) is 11.4. The van der Waals surface area contributed by atoms with Crippen LogP contribution in [0, 0.1) is 0 Å². The van der Waals surface area contributed by atoms with Crippen LogP contribution in [-0.4, -0.2) is 29.1 Å². The van der Waals surface area contributed by atoms with Gasteiger partial charge in [0.05, 0.1) is 19.2 Å². The third-order valence-corrected chi connectivity index (χ3v) is 3.26. The zero-order valence-electron chi connectivity index (χ0n) is 10.6. The maximum Gasteiger partial charge on any atom is 0.309 e. The van der Waals surface area contributed by atoms with E-state index in [2.05, 4.69) is 10.3 Å². The number of methoxy groups -OCH3 is 1. The van der Waals surface area contributed by atoms with Crippen LogP contribution in [0.3, 0.4) is 0 Å². The number of amides is 1. The molecule has 0 aliphatic rings. The maximum absolute atomic E-state index is 11.9. The average Bonchev–Trinajstić information content (AvgIpc) is 2.85. The summed E-state index contributed by atoms with van der Waals surface area (Å²) in [6, 6.07) is 6.65. The van der Waals surface area contributed by atoms with Gasteiger partial charge in [0.1, 0.15) is 5.75 Å². The van der Waals surface area contributed by atoms with E-state index in [9.17, 15) is 9.59 Å². The molecule has 7 heteroatoms. The summed E-state index contributed by atoms with van der Waals surface area (Å²) in [6.07, 6.45) is -0.158. The molecule has 0 fully saturated rings. The molecular formula is C13H12N2O4S. The van der Waals surface area contributed by atoms with Crippen molar-refractivity contribution < 1.29 is 19.4 Å². The van der Waals surface area contributed by atoms with Crippen molar-refractivity contribution >= 4 is 28.3 Å². The number of hydrogen-bond donors (Lipinski definition) is 2. The van der Waals surface area contributed by atoms with Crippen LogP contribution in [0.15, 0.2) is 29.6 Å². The summed E-state index contributed by atoms with van der Waals surface area (Å²) < 4.78 is 5.01. The Kier molecular flexibility index (Phi) is 4.31. The number of nitrogens with one attached hydrogen (secondary N) is 1. The normalized spacial score (nSPS) is 10.1. The third kappa shape index (κ3) is 3.55. The molecular weight excluding hydrogens is 280 g/mol. The van der Waals surface area contributed by atoms with Gasteiger partial charge in [-0.3, -0.25) is 14.9 Å². The van der Waals surface area contributed by atoms with Crippen molar-refractivity contribution in [3.63, 3.8) is 0 Å². The van der Waals surface area contributed by atoms with E-state index in [4.69, 9.17) is 9.84 Å². The van der Waals surface area contributed by atoms with Crippen LogP contribution in [0.25, 0.3) is 0 Å². The van der Waals surface area contributed by atoms with Crippen LogP contribution in [-0.2, 0) is 11.2 Å². The lowest BCUT2D eigenvalue weighted by atomic mass is 10.2. The highest BCUT2D eigenvalue weighted by Gasteiger charge is 2.10. The molecule has 0 saturated carbocycles. The summed E-state index contributed by atoms with van der Waals surface area (Å²) in [4.78, 5) is 26.5. The van der Waals surface area contributed by atoms with Crippen LogP contribution >= 0.6 is 11.3 Å². The summed E-state index contributed by atoms with van der Waals surface area (Å²) in [5, 5.41) is 13.3. The number of ether oxygens (including phenoxy) is 1. The quantitative estimate of drug-likeness (QED) is 0.880. The lowest BCUT2D eigenvalue weighted by Gasteiger charge is -2.03. The number of hydrogen-bond acceptors (Lipinski definition) is 5. The number of aliphatic carboxylic acids is 1. The van der Waals surface area contributed by atoms with Crippen LogP contribution in [0.1, 0.15) is 16.1 Å². The molecule has 0 bridgehead atoms. The molecule has 1 amide bonds. The van der Waals surface area contributed by atoms with Crippen molar-refractivity contribution in [3.8, 4) is 5.75 Å². The second-order valence-electron chi connectivity index (χ2n) is 3.90. The van der Waals surface area contributed by atoms with Gasteiger partial charge in [0.15, 0.2) is 5.13 Å². The summed E-state index contributed by atoms with van der Waals surface area (Å²) in [7, 11) is 1.55. The van der Waals surface area contributed by atoms with E-state index < -0.39 is 5.97 Å². The first-order valence-electron chi connectivity index (χ1n) is 5.70. The number of thiazole rings is 1. The van der Waals surface area contributed by atoms with Gasteiger partial charge in [0.2, 0.25) is 0 Å². The van der Waals surface area contributed by atoms with Crippen LogP contribution in [0.5, 0.6) is 5.75 Å². The zero-order chi connectivity index (χ0) is 14.5. The number of aromatic nitrogens is 1. The Hall–Kier alpha value is -2.41. The first kappa shape index (κ1) is 14.0. The lowest BCUT2D eigenvalue weighted by Crippen LogP contribution is -2.11. The predicted octanol–water partition coefficient (Wildman–Crippen LogP) is 2.03.